The minimum atomic E-state index is -0.195. The van der Waals surface area contributed by atoms with E-state index in [4.69, 9.17) is 4.74 Å². The average Bonchev–Trinajstić information content (AvgIpc) is 3.43. The van der Waals surface area contributed by atoms with Gasteiger partial charge in [-0.2, -0.15) is 10.2 Å². The zero-order chi connectivity index (χ0) is 23.1. The highest BCUT2D eigenvalue weighted by Gasteiger charge is 2.20. The maximum atomic E-state index is 12.7. The van der Waals surface area contributed by atoms with Crippen LogP contribution in [0.5, 0.6) is 5.88 Å². The van der Waals surface area contributed by atoms with Crippen molar-refractivity contribution in [2.45, 2.75) is 26.1 Å². The quantitative estimate of drug-likeness (QED) is 0.430. The molecule has 1 aromatic carbocycles. The van der Waals surface area contributed by atoms with Crippen LogP contribution in [0.2, 0.25) is 0 Å². The molecular formula is C23H27N7O3. The number of ether oxygens (including phenoxy) is 1. The number of H-pyrrole nitrogens is 2. The summed E-state index contributed by atoms with van der Waals surface area (Å²) in [6.07, 6.45) is 5.37. The summed E-state index contributed by atoms with van der Waals surface area (Å²) in [6, 6.07) is 6.02. The molecule has 4 aromatic rings. The number of fused-ring (bicyclic) bond motifs is 4. The van der Waals surface area contributed by atoms with Gasteiger partial charge in [-0.25, -0.2) is 4.68 Å². The van der Waals surface area contributed by atoms with Crippen LogP contribution >= 0.6 is 0 Å². The normalized spacial score (nSPS) is 17.9. The molecule has 0 aliphatic carbocycles. The molecule has 0 saturated heterocycles. The van der Waals surface area contributed by atoms with Crippen molar-refractivity contribution in [1.82, 2.24) is 34.7 Å². The number of nitrogens with zero attached hydrogens (tertiary/aromatic N) is 5. The third-order valence-electron chi connectivity index (χ3n) is 5.94. The standard InChI is InChI=1S/C23H27N7O3/c1-14-12-28(2)13-21-16(22(32)27-30(21)8-9-31)5-7-20-17-10-15(4-6-19(17)25-26-20)18-11-24-29(3)23(18)33-14/h4-7,10-11,14,31H,8-9,12-13H2,1-3H3,(H,25,26)(H,27,32)/b7-5+. The predicted molar refractivity (Wildman–Crippen MR) is 126 cm³/mol. The SMILES string of the molecule is CC1CN(C)Cc2c(c(=O)[nH]n2CCO)/C=C/c2[nH]nc3ccc(cc23)-c2cnn(C)c2O1. The van der Waals surface area contributed by atoms with Gasteiger partial charge in [0, 0.05) is 25.5 Å². The molecule has 2 bridgehead atoms. The molecule has 0 saturated carbocycles. The van der Waals surface area contributed by atoms with E-state index in [1.807, 2.05) is 51.5 Å². The number of rotatable bonds is 2. The Morgan fingerprint density at radius 3 is 2.94 bits per heavy atom. The van der Waals surface area contributed by atoms with Crippen LogP contribution in [-0.4, -0.2) is 66.1 Å². The number of likely N-dealkylation sites (N-methyl/N-ethyl adjacent to an activating group) is 1. The van der Waals surface area contributed by atoms with Gasteiger partial charge in [0.25, 0.3) is 5.56 Å². The van der Waals surface area contributed by atoms with Gasteiger partial charge in [-0.05, 0) is 43.8 Å². The Morgan fingerprint density at radius 1 is 1.27 bits per heavy atom. The number of aliphatic hydroxyl groups excluding tert-OH is 1. The van der Waals surface area contributed by atoms with Gasteiger partial charge in [0.1, 0.15) is 6.10 Å². The number of aliphatic hydroxyl groups is 1. The Morgan fingerprint density at radius 2 is 2.12 bits per heavy atom. The van der Waals surface area contributed by atoms with Crippen LogP contribution in [0.15, 0.2) is 29.2 Å². The van der Waals surface area contributed by atoms with Crippen LogP contribution in [-0.2, 0) is 20.1 Å². The van der Waals surface area contributed by atoms with E-state index in [-0.39, 0.29) is 18.3 Å². The summed E-state index contributed by atoms with van der Waals surface area (Å²) in [5.41, 5.74) is 4.69. The number of aryl methyl sites for hydroxylation is 1. The molecule has 10 nitrogen and oxygen atoms in total. The van der Waals surface area contributed by atoms with Gasteiger partial charge >= 0.3 is 0 Å². The highest BCUT2D eigenvalue weighted by atomic mass is 16.5. The number of nitrogens with one attached hydrogen (secondary N) is 2. The maximum absolute atomic E-state index is 12.7. The summed E-state index contributed by atoms with van der Waals surface area (Å²) in [4.78, 5) is 14.8. The summed E-state index contributed by atoms with van der Waals surface area (Å²) in [5.74, 6) is 0.699. The molecule has 4 heterocycles. The highest BCUT2D eigenvalue weighted by Crippen LogP contribution is 2.33. The van der Waals surface area contributed by atoms with Crippen molar-refractivity contribution in [3.05, 3.63) is 51.7 Å². The topological polar surface area (TPSA) is 117 Å². The van der Waals surface area contributed by atoms with E-state index in [0.29, 0.717) is 31.1 Å². The third-order valence-corrected chi connectivity index (χ3v) is 5.94. The number of aromatic amines is 2. The number of benzene rings is 1. The predicted octanol–water partition coefficient (Wildman–Crippen LogP) is 1.83. The zero-order valence-corrected chi connectivity index (χ0v) is 18.9. The molecule has 3 N–H and O–H groups in total. The van der Waals surface area contributed by atoms with E-state index < -0.39 is 0 Å². The molecule has 1 atom stereocenters. The van der Waals surface area contributed by atoms with Gasteiger partial charge in [0.05, 0.1) is 47.4 Å². The van der Waals surface area contributed by atoms with E-state index in [1.54, 1.807) is 9.36 Å². The fourth-order valence-corrected chi connectivity index (χ4v) is 4.40. The Hall–Kier alpha value is -3.63. The molecule has 1 unspecified atom stereocenters. The molecule has 0 amide bonds. The average molecular weight is 450 g/mol. The lowest BCUT2D eigenvalue weighted by Crippen LogP contribution is -2.32. The highest BCUT2D eigenvalue weighted by molar-refractivity contribution is 5.93. The van der Waals surface area contributed by atoms with Gasteiger partial charge in [0.15, 0.2) is 0 Å². The summed E-state index contributed by atoms with van der Waals surface area (Å²) in [7, 11) is 3.85. The summed E-state index contributed by atoms with van der Waals surface area (Å²) in [6.45, 7) is 3.40. The van der Waals surface area contributed by atoms with Crippen molar-refractivity contribution in [2.75, 3.05) is 20.2 Å². The third kappa shape index (κ3) is 3.87. The molecule has 0 fully saturated rings. The molecule has 0 radical (unpaired) electrons. The zero-order valence-electron chi connectivity index (χ0n) is 18.9. The van der Waals surface area contributed by atoms with Crippen LogP contribution in [0, 0.1) is 0 Å². The van der Waals surface area contributed by atoms with Crippen molar-refractivity contribution in [1.29, 1.82) is 0 Å². The molecule has 1 aliphatic heterocycles. The summed E-state index contributed by atoms with van der Waals surface area (Å²) in [5, 5.41) is 25.2. The molecule has 10 heteroatoms. The summed E-state index contributed by atoms with van der Waals surface area (Å²) < 4.78 is 9.79. The van der Waals surface area contributed by atoms with Crippen LogP contribution in [0.25, 0.3) is 34.2 Å². The van der Waals surface area contributed by atoms with Crippen molar-refractivity contribution >= 4 is 23.1 Å². The minimum Gasteiger partial charge on any atom is -0.473 e. The van der Waals surface area contributed by atoms with Crippen LogP contribution in [0.4, 0.5) is 0 Å². The summed E-state index contributed by atoms with van der Waals surface area (Å²) >= 11 is 0. The Bertz CT molecular complexity index is 1390. The van der Waals surface area contributed by atoms with Crippen molar-refractivity contribution in [2.24, 2.45) is 7.05 Å². The van der Waals surface area contributed by atoms with E-state index in [0.717, 1.165) is 33.4 Å². The van der Waals surface area contributed by atoms with Gasteiger partial charge in [-0.15, -0.1) is 0 Å². The van der Waals surface area contributed by atoms with E-state index in [2.05, 4.69) is 31.4 Å². The second-order valence-electron chi connectivity index (χ2n) is 8.49. The first-order chi connectivity index (χ1) is 15.9. The molecule has 172 valence electrons. The first-order valence-electron chi connectivity index (χ1n) is 10.9. The fourth-order valence-electron chi connectivity index (χ4n) is 4.40. The van der Waals surface area contributed by atoms with E-state index >= 15 is 0 Å². The van der Waals surface area contributed by atoms with Crippen molar-refractivity contribution < 1.29 is 9.84 Å². The number of hydrogen-bond donors (Lipinski definition) is 3. The smallest absolute Gasteiger partial charge is 0.271 e. The van der Waals surface area contributed by atoms with Crippen LogP contribution in [0.3, 0.4) is 0 Å². The molecule has 0 spiro atoms. The van der Waals surface area contributed by atoms with Gasteiger partial charge in [-0.1, -0.05) is 6.07 Å². The first-order valence-corrected chi connectivity index (χ1v) is 10.9. The fraction of sp³-hybridized carbons (Fsp3) is 0.348. The van der Waals surface area contributed by atoms with Gasteiger partial charge in [0.2, 0.25) is 5.88 Å². The Labute approximate surface area is 190 Å². The second-order valence-corrected chi connectivity index (χ2v) is 8.49. The van der Waals surface area contributed by atoms with Gasteiger partial charge < -0.3 is 9.84 Å². The molecule has 1 aliphatic rings. The van der Waals surface area contributed by atoms with E-state index in [1.165, 1.54) is 0 Å². The number of aromatic nitrogens is 6. The van der Waals surface area contributed by atoms with Crippen LogP contribution in [0.1, 0.15) is 23.9 Å². The maximum Gasteiger partial charge on any atom is 0.271 e. The lowest BCUT2D eigenvalue weighted by atomic mass is 10.1. The largest absolute Gasteiger partial charge is 0.473 e. The minimum absolute atomic E-state index is 0.0682. The lowest BCUT2D eigenvalue weighted by molar-refractivity contribution is 0.146. The molecule has 33 heavy (non-hydrogen) atoms. The Kier molecular flexibility index (Phi) is 5.39. The van der Waals surface area contributed by atoms with Crippen molar-refractivity contribution in [3.8, 4) is 17.0 Å². The lowest BCUT2D eigenvalue weighted by Gasteiger charge is -2.23. The first kappa shape index (κ1) is 21.2. The van der Waals surface area contributed by atoms with Crippen LogP contribution < -0.4 is 10.3 Å². The monoisotopic (exact) mass is 449 g/mol. The van der Waals surface area contributed by atoms with Crippen molar-refractivity contribution in [3.63, 3.8) is 0 Å². The second kappa shape index (κ2) is 8.38. The molecule has 5 rings (SSSR count). The van der Waals surface area contributed by atoms with E-state index in [9.17, 15) is 9.90 Å². The molecule has 3 aromatic heterocycles. The number of hydrogen-bond acceptors (Lipinski definition) is 6. The Balaban J connectivity index is 1.69. The van der Waals surface area contributed by atoms with Gasteiger partial charge in [-0.3, -0.25) is 24.6 Å². The molecular weight excluding hydrogens is 422 g/mol.